The molecule has 0 N–H and O–H groups in total. The fourth-order valence-corrected chi connectivity index (χ4v) is 1.74. The van der Waals surface area contributed by atoms with Crippen LogP contribution in [0.25, 0.3) is 0 Å². The lowest BCUT2D eigenvalue weighted by Crippen LogP contribution is -2.41. The van der Waals surface area contributed by atoms with Crippen LogP contribution < -0.4 is 5.11 Å². The Bertz CT molecular complexity index is 594. The number of imide groups is 1. The number of carbonyl (C=O) groups is 3. The summed E-state index contributed by atoms with van der Waals surface area (Å²) in [5, 5.41) is 21.2. The summed E-state index contributed by atoms with van der Waals surface area (Å²) in [5.74, 6) is -3.48. The van der Waals surface area contributed by atoms with Gasteiger partial charge in [-0.3, -0.25) is 24.6 Å². The van der Waals surface area contributed by atoms with Gasteiger partial charge in [0, 0.05) is 6.07 Å². The Labute approximate surface area is 99.6 Å². The lowest BCUT2D eigenvalue weighted by atomic mass is 10.1. The summed E-state index contributed by atoms with van der Waals surface area (Å²) < 4.78 is 0. The number of hydrogen-bond donors (Lipinski definition) is 0. The van der Waals surface area contributed by atoms with Crippen molar-refractivity contribution in [2.45, 2.75) is 0 Å². The van der Waals surface area contributed by atoms with Gasteiger partial charge in [-0.25, -0.2) is 0 Å². The maximum absolute atomic E-state index is 11.8. The first kappa shape index (κ1) is 11.7. The Kier molecular flexibility index (Phi) is 2.55. The van der Waals surface area contributed by atoms with Crippen molar-refractivity contribution >= 4 is 23.5 Å². The van der Waals surface area contributed by atoms with Gasteiger partial charge in [-0.2, -0.15) is 0 Å². The molecule has 92 valence electrons. The number of amides is 2. The summed E-state index contributed by atoms with van der Waals surface area (Å²) in [6, 6.07) is 3.56. The quantitative estimate of drug-likeness (QED) is 0.382. The van der Waals surface area contributed by atoms with Crippen LogP contribution in [0.5, 0.6) is 0 Å². The molecule has 0 radical (unpaired) electrons. The molecular formula is C10H5N2O6-. The first-order valence-electron chi connectivity index (χ1n) is 4.77. The number of rotatable bonds is 3. The van der Waals surface area contributed by atoms with Crippen molar-refractivity contribution in [2.24, 2.45) is 0 Å². The number of carboxylic acids is 1. The van der Waals surface area contributed by atoms with Gasteiger partial charge in [0.15, 0.2) is 0 Å². The van der Waals surface area contributed by atoms with E-state index in [0.717, 1.165) is 6.07 Å². The summed E-state index contributed by atoms with van der Waals surface area (Å²) in [7, 11) is 0. The van der Waals surface area contributed by atoms with Crippen LogP contribution in [-0.2, 0) is 4.79 Å². The summed E-state index contributed by atoms with van der Waals surface area (Å²) >= 11 is 0. The predicted octanol–water partition coefficient (Wildman–Crippen LogP) is -1.06. The Morgan fingerprint density at radius 2 is 1.94 bits per heavy atom. The molecule has 0 saturated heterocycles. The van der Waals surface area contributed by atoms with Gasteiger partial charge in [0.1, 0.15) is 5.56 Å². The standard InChI is InChI=1S/C10H6N2O6/c13-7(14)4-11-9(15)5-2-1-3-6(12(17)18)8(5)10(11)16/h1-3H,4H2,(H,13,14)/p-1. The number of aliphatic carboxylic acids is 1. The fourth-order valence-electron chi connectivity index (χ4n) is 1.74. The van der Waals surface area contributed by atoms with Gasteiger partial charge >= 0.3 is 0 Å². The number of benzene rings is 1. The normalized spacial score (nSPS) is 13.7. The van der Waals surface area contributed by atoms with Crippen molar-refractivity contribution in [3.8, 4) is 0 Å². The first-order valence-corrected chi connectivity index (χ1v) is 4.77. The number of hydrogen-bond acceptors (Lipinski definition) is 6. The number of carboxylic acid groups (broad SMARTS) is 1. The SMILES string of the molecule is O=C([O-])CN1C(=O)c2cccc([N+](=O)[O-])c2C1=O. The lowest BCUT2D eigenvalue weighted by molar-refractivity contribution is -0.385. The highest BCUT2D eigenvalue weighted by Gasteiger charge is 2.40. The zero-order valence-electron chi connectivity index (χ0n) is 8.78. The average molecular weight is 249 g/mol. The highest BCUT2D eigenvalue weighted by molar-refractivity contribution is 6.23. The second-order valence-corrected chi connectivity index (χ2v) is 3.53. The Morgan fingerprint density at radius 1 is 1.28 bits per heavy atom. The van der Waals surface area contributed by atoms with Gasteiger partial charge in [-0.15, -0.1) is 0 Å². The molecule has 0 spiro atoms. The molecule has 8 nitrogen and oxygen atoms in total. The summed E-state index contributed by atoms with van der Waals surface area (Å²) in [6.45, 7) is -0.927. The minimum atomic E-state index is -1.62. The zero-order chi connectivity index (χ0) is 13.4. The average Bonchev–Trinajstić information content (AvgIpc) is 2.54. The molecule has 0 bridgehead atoms. The van der Waals surface area contributed by atoms with E-state index in [2.05, 4.69) is 0 Å². The zero-order valence-corrected chi connectivity index (χ0v) is 8.78. The van der Waals surface area contributed by atoms with Gasteiger partial charge in [0.05, 0.1) is 23.0 Å². The van der Waals surface area contributed by atoms with Crippen molar-refractivity contribution in [3.63, 3.8) is 0 Å². The molecule has 0 aromatic heterocycles. The van der Waals surface area contributed by atoms with Gasteiger partial charge in [0.2, 0.25) is 0 Å². The lowest BCUT2D eigenvalue weighted by Gasteiger charge is -2.13. The number of fused-ring (bicyclic) bond motifs is 1. The third kappa shape index (κ3) is 1.59. The van der Waals surface area contributed by atoms with Gasteiger partial charge < -0.3 is 9.90 Å². The van der Waals surface area contributed by atoms with E-state index in [4.69, 9.17) is 0 Å². The van der Waals surface area contributed by atoms with Crippen LogP contribution in [-0.4, -0.2) is 34.2 Å². The molecule has 0 unspecified atom stereocenters. The fraction of sp³-hybridized carbons (Fsp3) is 0.100. The molecule has 1 aromatic rings. The van der Waals surface area contributed by atoms with Crippen LogP contribution in [0.4, 0.5) is 5.69 Å². The van der Waals surface area contributed by atoms with E-state index >= 15 is 0 Å². The number of nitrogens with zero attached hydrogens (tertiary/aromatic N) is 2. The monoisotopic (exact) mass is 249 g/mol. The van der Waals surface area contributed by atoms with Crippen LogP contribution in [0.2, 0.25) is 0 Å². The number of carbonyl (C=O) groups excluding carboxylic acids is 3. The Hall–Kier alpha value is -2.77. The Morgan fingerprint density at radius 3 is 2.50 bits per heavy atom. The number of nitro groups is 1. The molecule has 0 aliphatic carbocycles. The molecule has 1 heterocycles. The highest BCUT2D eigenvalue weighted by atomic mass is 16.6. The van der Waals surface area contributed by atoms with E-state index in [1.54, 1.807) is 0 Å². The van der Waals surface area contributed by atoms with E-state index in [1.807, 2.05) is 0 Å². The molecule has 18 heavy (non-hydrogen) atoms. The summed E-state index contributed by atoms with van der Waals surface area (Å²) in [4.78, 5) is 44.3. The van der Waals surface area contributed by atoms with Crippen LogP contribution >= 0.6 is 0 Å². The maximum atomic E-state index is 11.8. The topological polar surface area (TPSA) is 121 Å². The summed E-state index contributed by atoms with van der Waals surface area (Å²) in [6.07, 6.45) is 0. The minimum Gasteiger partial charge on any atom is -0.548 e. The van der Waals surface area contributed by atoms with Gasteiger partial charge in [-0.1, -0.05) is 6.07 Å². The molecule has 0 fully saturated rings. The molecular weight excluding hydrogens is 244 g/mol. The minimum absolute atomic E-state index is 0.171. The van der Waals surface area contributed by atoms with Crippen molar-refractivity contribution < 1.29 is 24.4 Å². The van der Waals surface area contributed by atoms with Gasteiger partial charge in [-0.05, 0) is 6.07 Å². The molecule has 1 aromatic carbocycles. The van der Waals surface area contributed by atoms with Crippen LogP contribution in [0.15, 0.2) is 18.2 Å². The van der Waals surface area contributed by atoms with E-state index in [9.17, 15) is 29.6 Å². The van der Waals surface area contributed by atoms with Crippen molar-refractivity contribution in [3.05, 3.63) is 39.4 Å². The first-order chi connectivity index (χ1) is 8.43. The number of nitro benzene ring substituents is 1. The Balaban J connectivity index is 2.55. The molecule has 2 amide bonds. The maximum Gasteiger partial charge on any atom is 0.282 e. The third-order valence-electron chi connectivity index (χ3n) is 2.46. The van der Waals surface area contributed by atoms with Crippen LogP contribution in [0.1, 0.15) is 20.7 Å². The molecule has 0 atom stereocenters. The molecule has 0 saturated carbocycles. The predicted molar refractivity (Wildman–Crippen MR) is 53.5 cm³/mol. The molecule has 1 aliphatic heterocycles. The smallest absolute Gasteiger partial charge is 0.282 e. The van der Waals surface area contributed by atoms with E-state index < -0.39 is 34.9 Å². The van der Waals surface area contributed by atoms with Crippen molar-refractivity contribution in [2.75, 3.05) is 6.54 Å². The van der Waals surface area contributed by atoms with E-state index in [1.165, 1.54) is 12.1 Å². The highest BCUT2D eigenvalue weighted by Crippen LogP contribution is 2.30. The van der Waals surface area contributed by atoms with Gasteiger partial charge in [0.25, 0.3) is 17.5 Å². The van der Waals surface area contributed by atoms with Crippen molar-refractivity contribution in [1.29, 1.82) is 0 Å². The van der Waals surface area contributed by atoms with Crippen LogP contribution in [0, 0.1) is 10.1 Å². The molecule has 8 heteroatoms. The second kappa shape index (κ2) is 3.91. The molecule has 2 rings (SSSR count). The van der Waals surface area contributed by atoms with Crippen LogP contribution in [0.3, 0.4) is 0 Å². The van der Waals surface area contributed by atoms with E-state index in [-0.39, 0.29) is 11.1 Å². The summed E-state index contributed by atoms with van der Waals surface area (Å²) in [5.41, 5.74) is -1.07. The van der Waals surface area contributed by atoms with E-state index in [0.29, 0.717) is 4.90 Å². The molecule has 1 aliphatic rings. The second-order valence-electron chi connectivity index (χ2n) is 3.53. The third-order valence-corrected chi connectivity index (χ3v) is 2.46. The van der Waals surface area contributed by atoms with Crippen molar-refractivity contribution in [1.82, 2.24) is 4.90 Å². The largest absolute Gasteiger partial charge is 0.548 e.